The van der Waals surface area contributed by atoms with E-state index in [0.717, 1.165) is 22.6 Å². The molecular weight excluding hydrogens is 418 g/mol. The summed E-state index contributed by atoms with van der Waals surface area (Å²) in [5.74, 6) is -2.06. The first-order valence-electron chi connectivity index (χ1n) is 9.55. The van der Waals surface area contributed by atoms with Gasteiger partial charge >= 0.3 is 6.03 Å². The summed E-state index contributed by atoms with van der Waals surface area (Å²) >= 11 is 0. The van der Waals surface area contributed by atoms with Crippen LogP contribution in [0.4, 0.5) is 19.3 Å². The highest BCUT2D eigenvalue weighted by atomic mass is 19.1. The second-order valence-corrected chi connectivity index (χ2v) is 6.92. The van der Waals surface area contributed by atoms with Crippen LogP contribution in [0.3, 0.4) is 0 Å². The van der Waals surface area contributed by atoms with E-state index in [0.29, 0.717) is 11.3 Å². The van der Waals surface area contributed by atoms with Crippen LogP contribution in [0.5, 0.6) is 5.75 Å². The number of hydrogen-bond donors (Lipinski definition) is 1. The third kappa shape index (κ3) is 4.54. The smallest absolute Gasteiger partial charge is 0.335 e. The summed E-state index contributed by atoms with van der Waals surface area (Å²) in [5.41, 5.74) is 1.13. The zero-order chi connectivity index (χ0) is 22.7. The van der Waals surface area contributed by atoms with Gasteiger partial charge in [-0.1, -0.05) is 24.3 Å². The first kappa shape index (κ1) is 20.9. The van der Waals surface area contributed by atoms with E-state index < -0.39 is 23.7 Å². The highest BCUT2D eigenvalue weighted by molar-refractivity contribution is 6.39. The normalized spacial score (nSPS) is 15.1. The van der Waals surface area contributed by atoms with E-state index >= 15 is 0 Å². The van der Waals surface area contributed by atoms with Gasteiger partial charge in [0.1, 0.15) is 29.6 Å². The number of nitrogens with zero attached hydrogens (tertiary/aromatic N) is 1. The van der Waals surface area contributed by atoms with Gasteiger partial charge in [-0.15, -0.1) is 0 Å². The molecule has 1 saturated heterocycles. The monoisotopic (exact) mass is 434 g/mol. The van der Waals surface area contributed by atoms with Gasteiger partial charge in [-0.2, -0.15) is 0 Å². The molecule has 0 aliphatic carbocycles. The Morgan fingerprint density at radius 2 is 1.53 bits per heavy atom. The minimum Gasteiger partial charge on any atom is -0.489 e. The zero-order valence-electron chi connectivity index (χ0n) is 16.5. The number of carbonyl (C=O) groups is 3. The molecular formula is C24H16F2N2O4. The highest BCUT2D eigenvalue weighted by Crippen LogP contribution is 2.23. The molecule has 1 heterocycles. The van der Waals surface area contributed by atoms with Crippen molar-refractivity contribution in [3.05, 3.63) is 101 Å². The van der Waals surface area contributed by atoms with Crippen LogP contribution in [-0.2, 0) is 16.2 Å². The van der Waals surface area contributed by atoms with Crippen molar-refractivity contribution in [2.75, 3.05) is 4.90 Å². The van der Waals surface area contributed by atoms with Gasteiger partial charge in [0, 0.05) is 0 Å². The Labute approximate surface area is 181 Å². The Bertz CT molecular complexity index is 1220. The summed E-state index contributed by atoms with van der Waals surface area (Å²) < 4.78 is 31.9. The third-order valence-corrected chi connectivity index (χ3v) is 4.67. The average molecular weight is 434 g/mol. The van der Waals surface area contributed by atoms with Crippen molar-refractivity contribution in [2.45, 2.75) is 6.61 Å². The molecule has 1 N–H and O–H groups in total. The van der Waals surface area contributed by atoms with Crippen LogP contribution < -0.4 is 15.0 Å². The zero-order valence-corrected chi connectivity index (χ0v) is 16.5. The topological polar surface area (TPSA) is 75.7 Å². The fourth-order valence-electron chi connectivity index (χ4n) is 3.09. The van der Waals surface area contributed by atoms with Crippen LogP contribution in [-0.4, -0.2) is 17.8 Å². The molecule has 0 aromatic heterocycles. The number of benzene rings is 3. The lowest BCUT2D eigenvalue weighted by Crippen LogP contribution is -2.54. The number of barbiturate groups is 1. The van der Waals surface area contributed by atoms with Crippen LogP contribution in [0.1, 0.15) is 11.1 Å². The summed E-state index contributed by atoms with van der Waals surface area (Å²) in [4.78, 5) is 38.2. The Morgan fingerprint density at radius 3 is 2.22 bits per heavy atom. The quantitative estimate of drug-likeness (QED) is 0.482. The lowest BCUT2D eigenvalue weighted by Gasteiger charge is -2.26. The van der Waals surface area contributed by atoms with Crippen LogP contribution in [0.2, 0.25) is 0 Å². The highest BCUT2D eigenvalue weighted by Gasteiger charge is 2.36. The maximum Gasteiger partial charge on any atom is 0.335 e. The maximum absolute atomic E-state index is 13.2. The van der Waals surface area contributed by atoms with Crippen LogP contribution in [0, 0.1) is 11.6 Å². The molecule has 6 nitrogen and oxygen atoms in total. The number of rotatable bonds is 5. The standard InChI is InChI=1S/C24H16F2N2O4/c25-17-6-4-15(5-7-17)14-32-20-3-1-2-16(12-20)13-21-22(29)27-24(31)28(23(21)30)19-10-8-18(26)9-11-19/h1-13H,14H2,(H,27,29,31)/b21-13+. The number of carbonyl (C=O) groups excluding carboxylic acids is 3. The molecule has 0 bridgehead atoms. The van der Waals surface area contributed by atoms with Crippen molar-refractivity contribution in [3.8, 4) is 5.75 Å². The third-order valence-electron chi connectivity index (χ3n) is 4.67. The number of amides is 4. The van der Waals surface area contributed by atoms with Crippen LogP contribution in [0.25, 0.3) is 6.08 Å². The lowest BCUT2D eigenvalue weighted by molar-refractivity contribution is -0.122. The van der Waals surface area contributed by atoms with Gasteiger partial charge in [0.05, 0.1) is 5.69 Å². The summed E-state index contributed by atoms with van der Waals surface area (Å²) in [5, 5.41) is 2.11. The SMILES string of the molecule is O=C1NC(=O)N(c2ccc(F)cc2)C(=O)/C1=C/c1cccc(OCc2ccc(F)cc2)c1. The Hall–Kier alpha value is -4.33. The van der Waals surface area contributed by atoms with Gasteiger partial charge in [-0.3, -0.25) is 14.9 Å². The molecule has 160 valence electrons. The number of imide groups is 2. The summed E-state index contributed by atoms with van der Waals surface area (Å²) in [6.45, 7) is 0.201. The van der Waals surface area contributed by atoms with Crippen molar-refractivity contribution in [1.29, 1.82) is 0 Å². The molecule has 32 heavy (non-hydrogen) atoms. The number of halogens is 2. The van der Waals surface area contributed by atoms with Crippen molar-refractivity contribution >= 4 is 29.6 Å². The van der Waals surface area contributed by atoms with E-state index in [1.54, 1.807) is 36.4 Å². The maximum atomic E-state index is 13.2. The van der Waals surface area contributed by atoms with Crippen LogP contribution in [0.15, 0.2) is 78.4 Å². The Morgan fingerprint density at radius 1 is 0.875 bits per heavy atom. The molecule has 0 radical (unpaired) electrons. The number of anilines is 1. The van der Waals surface area contributed by atoms with E-state index in [-0.39, 0.29) is 23.7 Å². The molecule has 0 spiro atoms. The molecule has 0 atom stereocenters. The fraction of sp³-hybridized carbons (Fsp3) is 0.0417. The number of hydrogen-bond acceptors (Lipinski definition) is 4. The minimum absolute atomic E-state index is 0.128. The van der Waals surface area contributed by atoms with Gasteiger partial charge in [0.2, 0.25) is 0 Å². The van der Waals surface area contributed by atoms with Crippen molar-refractivity contribution in [3.63, 3.8) is 0 Å². The van der Waals surface area contributed by atoms with E-state index in [1.165, 1.54) is 30.3 Å². The first-order chi connectivity index (χ1) is 15.4. The molecule has 0 saturated carbocycles. The Kier molecular flexibility index (Phi) is 5.76. The Balaban J connectivity index is 1.56. The molecule has 0 unspecified atom stereocenters. The molecule has 1 aliphatic rings. The fourth-order valence-corrected chi connectivity index (χ4v) is 3.09. The second-order valence-electron chi connectivity index (χ2n) is 6.92. The average Bonchev–Trinajstić information content (AvgIpc) is 2.78. The molecule has 3 aromatic rings. The predicted molar refractivity (Wildman–Crippen MR) is 113 cm³/mol. The van der Waals surface area contributed by atoms with Gasteiger partial charge < -0.3 is 4.74 Å². The molecule has 4 rings (SSSR count). The van der Waals surface area contributed by atoms with Gasteiger partial charge in [0.25, 0.3) is 11.8 Å². The molecule has 4 amide bonds. The number of nitrogens with one attached hydrogen (secondary N) is 1. The second kappa shape index (κ2) is 8.81. The van der Waals surface area contributed by atoms with Crippen molar-refractivity contribution < 1.29 is 27.9 Å². The molecule has 8 heteroatoms. The number of urea groups is 1. The van der Waals surface area contributed by atoms with Crippen molar-refractivity contribution in [2.24, 2.45) is 0 Å². The van der Waals surface area contributed by atoms with Gasteiger partial charge in [0.15, 0.2) is 0 Å². The van der Waals surface area contributed by atoms with E-state index in [2.05, 4.69) is 5.32 Å². The predicted octanol–water partition coefficient (Wildman–Crippen LogP) is 4.21. The minimum atomic E-state index is -0.917. The summed E-state index contributed by atoms with van der Waals surface area (Å²) in [7, 11) is 0. The van der Waals surface area contributed by atoms with Gasteiger partial charge in [-0.25, -0.2) is 18.5 Å². The van der Waals surface area contributed by atoms with E-state index in [9.17, 15) is 23.2 Å². The lowest BCUT2D eigenvalue weighted by atomic mass is 10.1. The first-order valence-corrected chi connectivity index (χ1v) is 9.55. The molecule has 1 fully saturated rings. The number of ether oxygens (including phenoxy) is 1. The van der Waals surface area contributed by atoms with Crippen LogP contribution >= 0.6 is 0 Å². The van der Waals surface area contributed by atoms with Gasteiger partial charge in [-0.05, 0) is 65.7 Å². The molecule has 1 aliphatic heterocycles. The molecule has 3 aromatic carbocycles. The van der Waals surface area contributed by atoms with E-state index in [4.69, 9.17) is 4.74 Å². The van der Waals surface area contributed by atoms with Crippen molar-refractivity contribution in [1.82, 2.24) is 5.32 Å². The summed E-state index contributed by atoms with van der Waals surface area (Å²) in [6.07, 6.45) is 1.34. The van der Waals surface area contributed by atoms with E-state index in [1.807, 2.05) is 0 Å². The largest absolute Gasteiger partial charge is 0.489 e. The summed E-state index contributed by atoms with van der Waals surface area (Å²) in [6, 6.07) is 16.4.